The molecule has 0 amide bonds. The molecule has 0 aromatic heterocycles. The van der Waals surface area contributed by atoms with Crippen LogP contribution in [0, 0.1) is 0 Å². The van der Waals surface area contributed by atoms with Crippen molar-refractivity contribution < 1.29 is 126 Å². The minimum Gasteiger partial charge on any atom is -0.550 e. The average Bonchev–Trinajstić information content (AvgIpc) is 3.25. The van der Waals surface area contributed by atoms with Gasteiger partial charge in [0, 0.05) is 24.8 Å². The normalized spacial score (nSPS) is 13.2. The number of nitrogens with zero attached hydrogens (tertiary/aromatic N) is 4. The number of quaternary nitrogens is 4. The van der Waals surface area contributed by atoms with Crippen molar-refractivity contribution in [3.05, 3.63) is 0 Å². The molecule has 0 aliphatic rings. The largest absolute Gasteiger partial charge is 0.550 e. The van der Waals surface area contributed by atoms with E-state index in [1.54, 1.807) is 6.92 Å². The summed E-state index contributed by atoms with van der Waals surface area (Å²) in [6, 6.07) is 0. The van der Waals surface area contributed by atoms with E-state index in [4.69, 9.17) is 29.2 Å². The first-order valence-corrected chi connectivity index (χ1v) is 25.8. The Labute approximate surface area is 458 Å². The number of carboxylic acids is 4. The average molecular weight is 1120 g/mol. The van der Waals surface area contributed by atoms with E-state index in [1.165, 1.54) is 0 Å². The number of rotatable bonds is 32. The maximum absolute atomic E-state index is 11.1. The molecule has 0 spiro atoms. The van der Waals surface area contributed by atoms with Crippen LogP contribution in [0.15, 0.2) is 0 Å². The number of aliphatic carboxylic acids is 4. The summed E-state index contributed by atoms with van der Waals surface area (Å²) in [5, 5.41) is 94.2. The van der Waals surface area contributed by atoms with Crippen molar-refractivity contribution in [3.8, 4) is 0 Å². The van der Waals surface area contributed by atoms with Gasteiger partial charge in [-0.05, 0) is 32.1 Å². The molecule has 0 saturated heterocycles. The first-order chi connectivity index (χ1) is 34.9. The van der Waals surface area contributed by atoms with Gasteiger partial charge in [0.2, 0.25) is 0 Å². The fraction of sp³-hybridized carbons (Fsp3) is 0.843. The summed E-state index contributed by atoms with van der Waals surface area (Å²) in [4.78, 5) is 84.3. The molecule has 0 saturated carbocycles. The third kappa shape index (κ3) is 62.1. The van der Waals surface area contributed by atoms with Crippen molar-refractivity contribution in [2.24, 2.45) is 0 Å². The van der Waals surface area contributed by atoms with E-state index < -0.39 is 96.7 Å². The zero-order valence-electron chi connectivity index (χ0n) is 49.5. The summed E-state index contributed by atoms with van der Waals surface area (Å²) < 4.78 is 22.7. The van der Waals surface area contributed by atoms with Crippen molar-refractivity contribution in [2.75, 3.05) is 137 Å². The molecule has 77 heavy (non-hydrogen) atoms. The highest BCUT2D eigenvalue weighted by Gasteiger charge is 2.29. The van der Waals surface area contributed by atoms with E-state index in [0.29, 0.717) is 58.5 Å². The second-order valence-electron chi connectivity index (χ2n) is 22.0. The van der Waals surface area contributed by atoms with Gasteiger partial charge in [-0.1, -0.05) is 66.7 Å². The number of esters is 4. The monoisotopic (exact) mass is 1120 g/mol. The van der Waals surface area contributed by atoms with Crippen LogP contribution in [0.5, 0.6) is 0 Å². The Kier molecular flexibility index (Phi) is 49.2. The number of hydrogen-bond acceptors (Lipinski definition) is 22. The SMILES string of the molecule is CCCC(O)C(=O)OCC[N+](C)(C)C.CCCC(O)C(=O)OCC[N+](C)(C)C.CCCC(O)C(=O)OCC[N+](C)(C)C.CCCC(O)C(=O)OCC[N+](C)(C)C.CCCC(O)C(=O)[O-].O=C([O-])CC(O)(CC(=O)[O-])C(=O)[O-]. The molecule has 6 N–H and O–H groups in total. The van der Waals surface area contributed by atoms with Crippen molar-refractivity contribution in [1.29, 1.82) is 0 Å². The molecule has 0 rings (SSSR count). The number of aliphatic hydroxyl groups is 6. The molecule has 0 aromatic carbocycles. The highest BCUT2D eigenvalue weighted by Crippen LogP contribution is 2.13. The Morgan fingerprint density at radius 1 is 0.377 bits per heavy atom. The lowest BCUT2D eigenvalue weighted by molar-refractivity contribution is -0.870. The van der Waals surface area contributed by atoms with E-state index in [1.807, 2.05) is 112 Å². The van der Waals surface area contributed by atoms with Crippen molar-refractivity contribution >= 4 is 47.8 Å². The van der Waals surface area contributed by atoms with E-state index in [2.05, 4.69) is 0 Å². The van der Waals surface area contributed by atoms with Crippen LogP contribution >= 0.6 is 0 Å². The zero-order chi connectivity index (χ0) is 62.0. The maximum atomic E-state index is 11.1. The van der Waals surface area contributed by atoms with Gasteiger partial charge in [0.1, 0.15) is 58.2 Å². The van der Waals surface area contributed by atoms with Gasteiger partial charge < -0.3 is 107 Å². The molecule has 5 unspecified atom stereocenters. The fourth-order valence-corrected chi connectivity index (χ4v) is 4.71. The predicted molar refractivity (Wildman–Crippen MR) is 274 cm³/mol. The highest BCUT2D eigenvalue weighted by atomic mass is 16.6. The van der Waals surface area contributed by atoms with Gasteiger partial charge in [-0.2, -0.15) is 0 Å². The Morgan fingerprint density at radius 2 is 0.558 bits per heavy atom. The number of aliphatic hydroxyl groups excluding tert-OH is 5. The van der Waals surface area contributed by atoms with Crippen LogP contribution in [-0.2, 0) is 57.3 Å². The van der Waals surface area contributed by atoms with E-state index in [9.17, 15) is 79.2 Å². The molecular weight excluding hydrogens is 1020 g/mol. The summed E-state index contributed by atoms with van der Waals surface area (Å²) in [5.41, 5.74) is -2.97. The van der Waals surface area contributed by atoms with Crippen LogP contribution in [0.4, 0.5) is 0 Å². The molecule has 0 aliphatic heterocycles. The third-order valence-electron chi connectivity index (χ3n) is 9.45. The molecular formula is C51H102N4O22. The minimum atomic E-state index is -2.97. The number of likely N-dealkylation sites (N-methyl/N-ethyl adjacent to an activating group) is 4. The highest BCUT2D eigenvalue weighted by molar-refractivity contribution is 5.86. The molecule has 0 aromatic rings. The Bertz CT molecular complexity index is 1450. The Balaban J connectivity index is -0.000000198. The Hall–Kier alpha value is -4.64. The standard InChI is InChI=1S/4C10H22NO3.C6H8O7.C5H10O3/c4*1-5-6-9(12)10(13)14-8-7-11(2,3)4;7-3(8)1-6(13,5(11)12)2-4(9)10;1-2-3-4(6)5(7)8/h4*9,12H,5-8H2,1-4H3;13H,1-2H2,(H,7,8)(H,9,10)(H,11,12);4,6H,2-3H2,1H3,(H,7,8)/q4*+1;;/p-4. The lowest BCUT2D eigenvalue weighted by atomic mass is 9.96. The number of hydrogen-bond donors (Lipinski definition) is 6. The number of ether oxygens (including phenoxy) is 4. The van der Waals surface area contributed by atoms with E-state index in [0.717, 1.165) is 69.8 Å². The summed E-state index contributed by atoms with van der Waals surface area (Å²) in [6.45, 7) is 13.9. The van der Waals surface area contributed by atoms with Crippen molar-refractivity contribution in [1.82, 2.24) is 0 Å². The minimum absolute atomic E-state index is 0.280. The second-order valence-corrected chi connectivity index (χ2v) is 22.0. The molecule has 0 aliphatic carbocycles. The Morgan fingerprint density at radius 3 is 0.675 bits per heavy atom. The van der Waals surface area contributed by atoms with Crippen molar-refractivity contribution in [2.45, 2.75) is 148 Å². The molecule has 26 nitrogen and oxygen atoms in total. The molecule has 458 valence electrons. The quantitative estimate of drug-likeness (QED) is 0.0209. The molecule has 0 bridgehead atoms. The van der Waals surface area contributed by atoms with Gasteiger partial charge in [-0.3, -0.25) is 0 Å². The molecule has 0 heterocycles. The molecule has 0 fully saturated rings. The number of carboxylic acid groups (broad SMARTS) is 4. The summed E-state index contributed by atoms with van der Waals surface area (Å²) >= 11 is 0. The lowest BCUT2D eigenvalue weighted by Crippen LogP contribution is -2.54. The van der Waals surface area contributed by atoms with Crippen LogP contribution in [0.25, 0.3) is 0 Å². The number of carbonyl (C=O) groups is 8. The zero-order valence-corrected chi connectivity index (χ0v) is 49.5. The maximum Gasteiger partial charge on any atom is 0.335 e. The lowest BCUT2D eigenvalue weighted by Gasteiger charge is -2.29. The first-order valence-electron chi connectivity index (χ1n) is 25.8. The van der Waals surface area contributed by atoms with Crippen LogP contribution in [-0.4, -0.2) is 270 Å². The van der Waals surface area contributed by atoms with E-state index >= 15 is 0 Å². The third-order valence-corrected chi connectivity index (χ3v) is 9.45. The molecule has 5 atom stereocenters. The van der Waals surface area contributed by atoms with Gasteiger partial charge in [-0.25, -0.2) is 19.2 Å². The summed E-state index contributed by atoms with van der Waals surface area (Å²) in [5.74, 6) is -9.37. The predicted octanol–water partition coefficient (Wildman–Crippen LogP) is -4.77. The summed E-state index contributed by atoms with van der Waals surface area (Å²) in [7, 11) is 24.3. The van der Waals surface area contributed by atoms with Gasteiger partial charge in [0.15, 0.2) is 24.4 Å². The second kappa shape index (κ2) is 45.2. The van der Waals surface area contributed by atoms with Crippen molar-refractivity contribution in [3.63, 3.8) is 0 Å². The summed E-state index contributed by atoms with van der Waals surface area (Å²) in [6.07, 6.45) is -1.82. The van der Waals surface area contributed by atoms with Gasteiger partial charge in [0.05, 0.1) is 103 Å². The van der Waals surface area contributed by atoms with Gasteiger partial charge in [-0.15, -0.1) is 0 Å². The smallest absolute Gasteiger partial charge is 0.335 e. The van der Waals surface area contributed by atoms with Gasteiger partial charge >= 0.3 is 23.9 Å². The topological polar surface area (TPSA) is 387 Å². The number of carbonyl (C=O) groups excluding carboxylic acids is 8. The molecule has 26 heteroatoms. The van der Waals surface area contributed by atoms with Crippen LogP contribution < -0.4 is 20.4 Å². The van der Waals surface area contributed by atoms with E-state index in [-0.39, 0.29) is 6.42 Å². The molecule has 0 radical (unpaired) electrons. The fourth-order valence-electron chi connectivity index (χ4n) is 4.71. The van der Waals surface area contributed by atoms with Crippen LogP contribution in [0.2, 0.25) is 0 Å². The van der Waals surface area contributed by atoms with Crippen LogP contribution in [0.3, 0.4) is 0 Å². The van der Waals surface area contributed by atoms with Gasteiger partial charge in [0.25, 0.3) is 0 Å². The van der Waals surface area contributed by atoms with Crippen LogP contribution in [0.1, 0.15) is 112 Å². The first kappa shape index (κ1) is 83.7.